The third kappa shape index (κ3) is 3.12. The first-order valence-corrected chi connectivity index (χ1v) is 6.34. The summed E-state index contributed by atoms with van der Waals surface area (Å²) >= 11 is 0. The minimum Gasteiger partial charge on any atom is -0.481 e. The second-order valence-electron chi connectivity index (χ2n) is 4.77. The van der Waals surface area contributed by atoms with Gasteiger partial charge in [0.2, 0.25) is 0 Å². The normalized spacial score (nSPS) is 20.9. The van der Waals surface area contributed by atoms with Crippen LogP contribution in [0.4, 0.5) is 0 Å². The van der Waals surface area contributed by atoms with Gasteiger partial charge in [0, 0.05) is 13.1 Å². The Balaban J connectivity index is 2.05. The van der Waals surface area contributed by atoms with Crippen LogP contribution >= 0.6 is 0 Å². The fraction of sp³-hybridized carbons (Fsp3) is 0.429. The van der Waals surface area contributed by atoms with Crippen molar-refractivity contribution < 1.29 is 19.8 Å². The van der Waals surface area contributed by atoms with Crippen molar-refractivity contribution in [3.8, 4) is 0 Å². The molecule has 1 amide bonds. The number of likely N-dealkylation sites (tertiary alicyclic amines) is 1. The molecule has 5 heteroatoms. The van der Waals surface area contributed by atoms with E-state index >= 15 is 0 Å². The van der Waals surface area contributed by atoms with Crippen molar-refractivity contribution in [2.75, 3.05) is 13.1 Å². The fourth-order valence-corrected chi connectivity index (χ4v) is 2.33. The van der Waals surface area contributed by atoms with Crippen LogP contribution in [0.25, 0.3) is 0 Å². The highest BCUT2D eigenvalue weighted by Gasteiger charge is 2.31. The number of piperidine rings is 1. The van der Waals surface area contributed by atoms with Gasteiger partial charge in [-0.1, -0.05) is 30.3 Å². The topological polar surface area (TPSA) is 77.8 Å². The Labute approximate surface area is 111 Å². The van der Waals surface area contributed by atoms with Gasteiger partial charge in [-0.05, 0) is 18.4 Å². The molecule has 19 heavy (non-hydrogen) atoms. The van der Waals surface area contributed by atoms with Gasteiger partial charge in [0.25, 0.3) is 5.91 Å². The van der Waals surface area contributed by atoms with Crippen LogP contribution in [0.3, 0.4) is 0 Å². The lowest BCUT2D eigenvalue weighted by Crippen LogP contribution is -2.44. The van der Waals surface area contributed by atoms with Gasteiger partial charge >= 0.3 is 5.97 Å². The van der Waals surface area contributed by atoms with Gasteiger partial charge in [-0.3, -0.25) is 9.59 Å². The maximum atomic E-state index is 12.1. The van der Waals surface area contributed by atoms with E-state index in [1.807, 2.05) is 6.07 Å². The Hall–Kier alpha value is -1.88. The Morgan fingerprint density at radius 1 is 1.26 bits per heavy atom. The van der Waals surface area contributed by atoms with Crippen molar-refractivity contribution in [2.45, 2.75) is 18.9 Å². The van der Waals surface area contributed by atoms with Crippen LogP contribution in [0, 0.1) is 5.92 Å². The van der Waals surface area contributed by atoms with E-state index in [4.69, 9.17) is 5.11 Å². The molecule has 1 saturated heterocycles. The molecule has 0 radical (unpaired) electrons. The summed E-state index contributed by atoms with van der Waals surface area (Å²) in [5.41, 5.74) is 0.532. The molecule has 5 nitrogen and oxygen atoms in total. The molecular formula is C14H17NO4. The van der Waals surface area contributed by atoms with Crippen LogP contribution in [-0.2, 0) is 9.59 Å². The lowest BCUT2D eigenvalue weighted by Gasteiger charge is -2.32. The van der Waals surface area contributed by atoms with Gasteiger partial charge in [-0.15, -0.1) is 0 Å². The first-order valence-electron chi connectivity index (χ1n) is 6.34. The van der Waals surface area contributed by atoms with Gasteiger partial charge in [0.1, 0.15) is 0 Å². The summed E-state index contributed by atoms with van der Waals surface area (Å²) in [4.78, 5) is 24.6. The molecule has 1 aliphatic heterocycles. The minimum absolute atomic E-state index is 0.179. The van der Waals surface area contributed by atoms with Gasteiger partial charge in [-0.2, -0.15) is 0 Å². The van der Waals surface area contributed by atoms with Gasteiger partial charge < -0.3 is 15.1 Å². The van der Waals surface area contributed by atoms with Crippen molar-refractivity contribution in [2.24, 2.45) is 5.92 Å². The fourth-order valence-electron chi connectivity index (χ4n) is 2.33. The number of aliphatic carboxylic acids is 1. The van der Waals surface area contributed by atoms with Crippen molar-refractivity contribution in [3.05, 3.63) is 35.9 Å². The molecule has 2 N–H and O–H groups in total. The summed E-state index contributed by atoms with van der Waals surface area (Å²) in [6.45, 7) is 0.685. The number of benzene rings is 1. The van der Waals surface area contributed by atoms with Crippen LogP contribution in [-0.4, -0.2) is 40.1 Å². The number of hydrogen-bond acceptors (Lipinski definition) is 3. The number of carbonyl (C=O) groups is 2. The van der Waals surface area contributed by atoms with Crippen LogP contribution in [0.1, 0.15) is 24.5 Å². The average Bonchev–Trinajstić information content (AvgIpc) is 2.46. The lowest BCUT2D eigenvalue weighted by atomic mass is 9.97. The van der Waals surface area contributed by atoms with Crippen LogP contribution in [0.15, 0.2) is 30.3 Å². The van der Waals surface area contributed by atoms with E-state index in [1.165, 1.54) is 4.90 Å². The van der Waals surface area contributed by atoms with Gasteiger partial charge in [-0.25, -0.2) is 0 Å². The van der Waals surface area contributed by atoms with E-state index in [9.17, 15) is 14.7 Å². The molecule has 1 unspecified atom stereocenters. The second kappa shape index (κ2) is 5.84. The monoisotopic (exact) mass is 263 g/mol. The largest absolute Gasteiger partial charge is 0.481 e. The maximum absolute atomic E-state index is 12.1. The first-order chi connectivity index (χ1) is 9.09. The zero-order valence-corrected chi connectivity index (χ0v) is 10.5. The van der Waals surface area contributed by atoms with Crippen LogP contribution in [0.5, 0.6) is 0 Å². The number of rotatable bonds is 3. The number of carboxylic acid groups (broad SMARTS) is 1. The molecule has 0 saturated carbocycles. The van der Waals surface area contributed by atoms with E-state index < -0.39 is 23.9 Å². The number of aliphatic hydroxyl groups is 1. The van der Waals surface area contributed by atoms with Crippen LogP contribution in [0.2, 0.25) is 0 Å². The summed E-state index contributed by atoms with van der Waals surface area (Å²) in [5.74, 6) is -1.83. The van der Waals surface area contributed by atoms with E-state index in [1.54, 1.807) is 24.3 Å². The van der Waals surface area contributed by atoms with Crippen molar-refractivity contribution >= 4 is 11.9 Å². The minimum atomic E-state index is -1.21. The number of carboxylic acids is 1. The third-order valence-electron chi connectivity index (χ3n) is 3.43. The summed E-state index contributed by atoms with van der Waals surface area (Å²) < 4.78 is 0. The number of nitrogens with zero attached hydrogens (tertiary/aromatic N) is 1. The smallest absolute Gasteiger partial charge is 0.308 e. The van der Waals surface area contributed by atoms with E-state index in [0.717, 1.165) is 0 Å². The highest BCUT2D eigenvalue weighted by Crippen LogP contribution is 2.21. The highest BCUT2D eigenvalue weighted by molar-refractivity contribution is 5.83. The van der Waals surface area contributed by atoms with Gasteiger partial charge in [0.05, 0.1) is 5.92 Å². The Bertz CT molecular complexity index is 460. The molecule has 102 valence electrons. The lowest BCUT2D eigenvalue weighted by molar-refractivity contribution is -0.148. The van der Waals surface area contributed by atoms with Crippen molar-refractivity contribution in [1.82, 2.24) is 4.90 Å². The summed E-state index contributed by atoms with van der Waals surface area (Å²) in [6.07, 6.45) is 0.0267. The third-order valence-corrected chi connectivity index (χ3v) is 3.43. The molecule has 1 heterocycles. The molecule has 0 bridgehead atoms. The molecule has 0 aliphatic carbocycles. The molecule has 1 aliphatic rings. The summed E-state index contributed by atoms with van der Waals surface area (Å²) in [7, 11) is 0. The number of amides is 1. The first kappa shape index (κ1) is 13.5. The molecule has 0 spiro atoms. The predicted molar refractivity (Wildman–Crippen MR) is 68.3 cm³/mol. The van der Waals surface area contributed by atoms with E-state index in [-0.39, 0.29) is 6.54 Å². The maximum Gasteiger partial charge on any atom is 0.308 e. The molecule has 1 aromatic rings. The predicted octanol–water partition coefficient (Wildman–Crippen LogP) is 1.04. The molecule has 2 atom stereocenters. The van der Waals surface area contributed by atoms with Crippen LogP contribution < -0.4 is 0 Å². The average molecular weight is 263 g/mol. The zero-order chi connectivity index (χ0) is 13.8. The van der Waals surface area contributed by atoms with Crippen molar-refractivity contribution in [3.63, 3.8) is 0 Å². The Kier molecular flexibility index (Phi) is 4.16. The SMILES string of the molecule is O=C(O)C1CCCN(C(=O)[C@@H](O)c2ccccc2)C1. The van der Waals surface area contributed by atoms with E-state index in [2.05, 4.69) is 0 Å². The second-order valence-corrected chi connectivity index (χ2v) is 4.77. The summed E-state index contributed by atoms with van der Waals surface area (Å²) in [5, 5.41) is 19.0. The quantitative estimate of drug-likeness (QED) is 0.854. The zero-order valence-electron chi connectivity index (χ0n) is 10.5. The molecule has 0 aromatic heterocycles. The summed E-state index contributed by atoms with van der Waals surface area (Å²) in [6, 6.07) is 8.68. The Morgan fingerprint density at radius 3 is 2.58 bits per heavy atom. The molecular weight excluding hydrogens is 246 g/mol. The number of hydrogen-bond donors (Lipinski definition) is 2. The van der Waals surface area contributed by atoms with E-state index in [0.29, 0.717) is 24.9 Å². The Morgan fingerprint density at radius 2 is 1.95 bits per heavy atom. The highest BCUT2D eigenvalue weighted by atomic mass is 16.4. The molecule has 1 fully saturated rings. The number of carbonyl (C=O) groups excluding carboxylic acids is 1. The number of aliphatic hydroxyl groups excluding tert-OH is 1. The molecule has 1 aromatic carbocycles. The standard InChI is InChI=1S/C14H17NO4/c16-12(10-5-2-1-3-6-10)13(17)15-8-4-7-11(9-15)14(18)19/h1-3,5-6,11-12,16H,4,7-9H2,(H,18,19)/t11?,12-/m0/s1. The van der Waals surface area contributed by atoms with Gasteiger partial charge in [0.15, 0.2) is 6.10 Å². The molecule has 2 rings (SSSR count). The van der Waals surface area contributed by atoms with Crippen molar-refractivity contribution in [1.29, 1.82) is 0 Å².